The van der Waals surface area contributed by atoms with Gasteiger partial charge in [-0.1, -0.05) is 104 Å². The van der Waals surface area contributed by atoms with E-state index in [1.165, 1.54) is 75.5 Å². The lowest BCUT2D eigenvalue weighted by atomic mass is 10.1. The van der Waals surface area contributed by atoms with Gasteiger partial charge in [0.2, 0.25) is 0 Å². The van der Waals surface area contributed by atoms with Crippen LogP contribution in [0.5, 0.6) is 0 Å². The second-order valence-electron chi connectivity index (χ2n) is 10.5. The van der Waals surface area contributed by atoms with Gasteiger partial charge in [-0.15, -0.1) is 0 Å². The van der Waals surface area contributed by atoms with Gasteiger partial charge < -0.3 is 14.2 Å². The van der Waals surface area contributed by atoms with Gasteiger partial charge in [0, 0.05) is 0 Å². The summed E-state index contributed by atoms with van der Waals surface area (Å²) in [5.74, 6) is -1.35. The highest BCUT2D eigenvalue weighted by Crippen LogP contribution is 2.10. The largest absolute Gasteiger partial charge is 0.465 e. The zero-order valence-corrected chi connectivity index (χ0v) is 25.5. The predicted octanol–water partition coefficient (Wildman–Crippen LogP) is 7.56. The second kappa shape index (κ2) is 29.1. The van der Waals surface area contributed by atoms with E-state index in [2.05, 4.69) is 19.1 Å². The highest BCUT2D eigenvalue weighted by molar-refractivity contribution is 5.78. The third kappa shape index (κ3) is 27.5. The molecule has 0 atom stereocenters. The van der Waals surface area contributed by atoms with Crippen molar-refractivity contribution in [1.29, 1.82) is 0 Å². The van der Waals surface area contributed by atoms with Crippen molar-refractivity contribution in [1.82, 2.24) is 4.90 Å². The maximum atomic E-state index is 12.3. The lowest BCUT2D eigenvalue weighted by Crippen LogP contribution is -2.40. The molecule has 0 aliphatic rings. The number of allylic oxidation sites excluding steroid dienone is 2. The van der Waals surface area contributed by atoms with Gasteiger partial charge >= 0.3 is 17.9 Å². The number of esters is 3. The van der Waals surface area contributed by atoms with Crippen LogP contribution in [0.1, 0.15) is 136 Å². The van der Waals surface area contributed by atoms with Crippen LogP contribution in [0, 0.1) is 0 Å². The zero-order valence-electron chi connectivity index (χ0n) is 25.5. The summed E-state index contributed by atoms with van der Waals surface area (Å²) < 4.78 is 15.7. The fourth-order valence-corrected chi connectivity index (χ4v) is 4.05. The highest BCUT2D eigenvalue weighted by Gasteiger charge is 2.20. The van der Waals surface area contributed by atoms with E-state index in [0.717, 1.165) is 44.9 Å². The maximum Gasteiger partial charge on any atom is 0.320 e. The summed E-state index contributed by atoms with van der Waals surface area (Å²) in [5, 5.41) is 0. The molecule has 0 fully saturated rings. The average molecular weight is 554 g/mol. The van der Waals surface area contributed by atoms with Crippen molar-refractivity contribution >= 4 is 17.9 Å². The summed E-state index contributed by atoms with van der Waals surface area (Å²) >= 11 is 0. The molecule has 0 saturated carbocycles. The molecule has 0 bridgehead atoms. The van der Waals surface area contributed by atoms with Crippen molar-refractivity contribution in [3.05, 3.63) is 12.2 Å². The third-order valence-electron chi connectivity index (χ3n) is 6.50. The minimum absolute atomic E-state index is 0.141. The van der Waals surface area contributed by atoms with Crippen LogP contribution >= 0.6 is 0 Å². The summed E-state index contributed by atoms with van der Waals surface area (Å²) in [6.07, 6.45) is 25.3. The zero-order chi connectivity index (χ0) is 28.8. The van der Waals surface area contributed by atoms with E-state index in [0.29, 0.717) is 19.8 Å². The van der Waals surface area contributed by atoms with E-state index in [9.17, 15) is 14.4 Å². The normalized spacial score (nSPS) is 11.3. The van der Waals surface area contributed by atoms with E-state index in [-0.39, 0.29) is 19.6 Å². The van der Waals surface area contributed by atoms with Crippen molar-refractivity contribution in [2.45, 2.75) is 136 Å². The number of carbonyl (C=O) groups excluding carboxylic acids is 3. The lowest BCUT2D eigenvalue weighted by molar-refractivity contribution is -0.152. The number of unbranched alkanes of at least 4 members (excludes halogenated alkanes) is 14. The van der Waals surface area contributed by atoms with E-state index in [1.807, 2.05) is 13.8 Å². The second-order valence-corrected chi connectivity index (χ2v) is 10.5. The van der Waals surface area contributed by atoms with Crippen molar-refractivity contribution < 1.29 is 28.6 Å². The smallest absolute Gasteiger partial charge is 0.320 e. The van der Waals surface area contributed by atoms with Crippen LogP contribution in [-0.4, -0.2) is 62.3 Å². The topological polar surface area (TPSA) is 82.1 Å². The maximum absolute atomic E-state index is 12.3. The van der Waals surface area contributed by atoms with Crippen LogP contribution in [0.4, 0.5) is 0 Å². The first-order chi connectivity index (χ1) is 19.0. The SMILES string of the molecule is CCCCCCCCC=CCCCCCCCCOC(=O)CN(CC(=O)OCCCC)CC(=O)OCCCC. The van der Waals surface area contributed by atoms with Gasteiger partial charge in [-0.3, -0.25) is 19.3 Å². The van der Waals surface area contributed by atoms with E-state index in [1.54, 1.807) is 0 Å². The summed E-state index contributed by atoms with van der Waals surface area (Å²) in [6, 6.07) is 0. The molecule has 0 amide bonds. The summed E-state index contributed by atoms with van der Waals surface area (Å²) in [5.41, 5.74) is 0. The molecule has 0 radical (unpaired) electrons. The number of hydrogen-bond acceptors (Lipinski definition) is 7. The van der Waals surface area contributed by atoms with Crippen molar-refractivity contribution in [3.63, 3.8) is 0 Å². The van der Waals surface area contributed by atoms with Gasteiger partial charge in [-0.05, 0) is 44.9 Å². The average Bonchev–Trinajstić information content (AvgIpc) is 2.90. The number of rotatable bonds is 28. The Morgan fingerprint density at radius 1 is 0.462 bits per heavy atom. The molecule has 0 N–H and O–H groups in total. The quantitative estimate of drug-likeness (QED) is 0.0428. The van der Waals surface area contributed by atoms with Crippen LogP contribution in [0.3, 0.4) is 0 Å². The molecular formula is C32H59NO6. The first-order valence-electron chi connectivity index (χ1n) is 15.9. The molecule has 7 nitrogen and oxygen atoms in total. The van der Waals surface area contributed by atoms with Crippen molar-refractivity contribution in [2.24, 2.45) is 0 Å². The van der Waals surface area contributed by atoms with Gasteiger partial charge in [0.1, 0.15) is 0 Å². The first-order valence-corrected chi connectivity index (χ1v) is 15.9. The number of hydrogen-bond donors (Lipinski definition) is 0. The molecule has 0 saturated heterocycles. The first kappa shape index (κ1) is 37.1. The van der Waals surface area contributed by atoms with Crippen LogP contribution < -0.4 is 0 Å². The van der Waals surface area contributed by atoms with Crippen LogP contribution in [0.25, 0.3) is 0 Å². The molecule has 7 heteroatoms. The Bertz CT molecular complexity index is 598. The van der Waals surface area contributed by atoms with Crippen LogP contribution in [0.15, 0.2) is 12.2 Å². The minimum Gasteiger partial charge on any atom is -0.465 e. The molecule has 39 heavy (non-hydrogen) atoms. The van der Waals surface area contributed by atoms with E-state index < -0.39 is 17.9 Å². The number of nitrogens with zero attached hydrogens (tertiary/aromatic N) is 1. The molecule has 0 aromatic carbocycles. The Balaban J connectivity index is 3.96. The lowest BCUT2D eigenvalue weighted by Gasteiger charge is -2.19. The van der Waals surface area contributed by atoms with Crippen molar-refractivity contribution in [2.75, 3.05) is 39.5 Å². The number of carbonyl (C=O) groups is 3. The van der Waals surface area contributed by atoms with Gasteiger partial charge in [0.05, 0.1) is 39.5 Å². The Morgan fingerprint density at radius 3 is 1.21 bits per heavy atom. The molecule has 0 aliphatic carbocycles. The van der Waals surface area contributed by atoms with Gasteiger partial charge in [0.15, 0.2) is 0 Å². The van der Waals surface area contributed by atoms with Gasteiger partial charge in [-0.25, -0.2) is 0 Å². The predicted molar refractivity (Wildman–Crippen MR) is 159 cm³/mol. The van der Waals surface area contributed by atoms with Crippen molar-refractivity contribution in [3.8, 4) is 0 Å². The Morgan fingerprint density at radius 2 is 0.795 bits per heavy atom. The summed E-state index contributed by atoms with van der Waals surface area (Å²) in [7, 11) is 0. The summed E-state index contributed by atoms with van der Waals surface area (Å²) in [6.45, 7) is 6.89. The molecule has 228 valence electrons. The fraction of sp³-hybridized carbons (Fsp3) is 0.844. The minimum atomic E-state index is -0.453. The fourth-order valence-electron chi connectivity index (χ4n) is 4.05. The monoisotopic (exact) mass is 553 g/mol. The standard InChI is InChI=1S/C32H59NO6/c1-4-7-10-11-12-13-14-15-16-17-18-19-20-21-22-23-26-39-32(36)29-33(27-30(34)37-24-8-5-2)28-31(35)38-25-9-6-3/h15-16H,4-14,17-29H2,1-3H3. The Hall–Kier alpha value is -1.89. The molecule has 0 spiro atoms. The Kier molecular flexibility index (Phi) is 27.7. The molecule has 0 aromatic rings. The molecule has 0 rings (SSSR count). The van der Waals surface area contributed by atoms with Gasteiger partial charge in [-0.2, -0.15) is 0 Å². The summed E-state index contributed by atoms with van der Waals surface area (Å²) in [4.78, 5) is 38.0. The molecule has 0 aliphatic heterocycles. The third-order valence-corrected chi connectivity index (χ3v) is 6.50. The molecule has 0 aromatic heterocycles. The molecule has 0 unspecified atom stereocenters. The molecular weight excluding hydrogens is 494 g/mol. The van der Waals surface area contributed by atoms with Crippen LogP contribution in [-0.2, 0) is 28.6 Å². The van der Waals surface area contributed by atoms with Gasteiger partial charge in [0.25, 0.3) is 0 Å². The van der Waals surface area contributed by atoms with E-state index in [4.69, 9.17) is 14.2 Å². The number of ether oxygens (including phenoxy) is 3. The Labute approximate surface area is 239 Å². The van der Waals surface area contributed by atoms with Crippen LogP contribution in [0.2, 0.25) is 0 Å². The molecule has 0 heterocycles. The van der Waals surface area contributed by atoms with E-state index >= 15 is 0 Å². The highest BCUT2D eigenvalue weighted by atomic mass is 16.5.